The van der Waals surface area contributed by atoms with E-state index in [9.17, 15) is 4.39 Å². The molecule has 0 unspecified atom stereocenters. The highest BCUT2D eigenvalue weighted by atomic mass is 19.1. The molecule has 0 atom stereocenters. The molecular formula is C13H7F. The highest BCUT2D eigenvalue weighted by Crippen LogP contribution is 2.32. The summed E-state index contributed by atoms with van der Waals surface area (Å²) in [5.41, 5.74) is 1.78. The highest BCUT2D eigenvalue weighted by molar-refractivity contribution is 5.96. The molecule has 0 spiro atoms. The molecule has 0 heterocycles. The van der Waals surface area contributed by atoms with Gasteiger partial charge in [0.05, 0.1) is 0 Å². The van der Waals surface area contributed by atoms with Crippen molar-refractivity contribution in [3.8, 4) is 0 Å². The lowest BCUT2D eigenvalue weighted by molar-refractivity contribution is 0.660. The summed E-state index contributed by atoms with van der Waals surface area (Å²) in [7, 11) is 0. The van der Waals surface area contributed by atoms with Crippen LogP contribution in [-0.4, -0.2) is 0 Å². The van der Waals surface area contributed by atoms with E-state index in [0.717, 1.165) is 21.9 Å². The van der Waals surface area contributed by atoms with Gasteiger partial charge in [-0.1, -0.05) is 30.3 Å². The summed E-state index contributed by atoms with van der Waals surface area (Å²) in [6.07, 6.45) is 3.08. The Morgan fingerprint density at radius 2 is 2.07 bits per heavy atom. The summed E-state index contributed by atoms with van der Waals surface area (Å²) in [5, 5.41) is 2.23. The van der Waals surface area contributed by atoms with Crippen molar-refractivity contribution in [1.29, 1.82) is 0 Å². The van der Waals surface area contributed by atoms with Gasteiger partial charge in [-0.3, -0.25) is 0 Å². The Hall–Kier alpha value is -1.63. The van der Waals surface area contributed by atoms with E-state index in [1.165, 1.54) is 6.08 Å². The lowest BCUT2D eigenvalue weighted by atomic mass is 9.93. The Morgan fingerprint density at radius 3 is 3.00 bits per heavy atom. The lowest BCUT2D eigenvalue weighted by Crippen LogP contribution is -1.93. The van der Waals surface area contributed by atoms with Gasteiger partial charge in [0.25, 0.3) is 0 Å². The molecule has 0 N–H and O–H groups in total. The molecule has 0 saturated heterocycles. The first-order valence-corrected chi connectivity index (χ1v) is 4.50. The average Bonchev–Trinajstić information content (AvgIpc) is 2.18. The van der Waals surface area contributed by atoms with E-state index in [1.54, 1.807) is 6.42 Å². The molecule has 0 nitrogen and oxygen atoms in total. The first-order chi connectivity index (χ1) is 6.84. The predicted octanol–water partition coefficient (Wildman–Crippen LogP) is 3.52. The minimum atomic E-state index is -0.201. The molecule has 3 rings (SSSR count). The second kappa shape index (κ2) is 2.68. The van der Waals surface area contributed by atoms with Crippen LogP contribution in [0.15, 0.2) is 36.2 Å². The zero-order chi connectivity index (χ0) is 9.54. The van der Waals surface area contributed by atoms with Crippen LogP contribution in [0, 0.1) is 12.5 Å². The van der Waals surface area contributed by atoms with Crippen LogP contribution < -0.4 is 0 Å². The second-order valence-corrected chi connectivity index (χ2v) is 3.38. The van der Waals surface area contributed by atoms with E-state index < -0.39 is 0 Å². The Labute approximate surface area is 81.7 Å². The fourth-order valence-electron chi connectivity index (χ4n) is 1.89. The van der Waals surface area contributed by atoms with Gasteiger partial charge in [0.2, 0.25) is 0 Å². The fraction of sp³-hybridized carbons (Fsp3) is 0. The van der Waals surface area contributed by atoms with E-state index >= 15 is 0 Å². The largest absolute Gasteiger partial charge is 0.211 e. The molecule has 1 heteroatoms. The quantitative estimate of drug-likeness (QED) is 0.584. The summed E-state index contributed by atoms with van der Waals surface area (Å²) in [6, 6.07) is 12.8. The third kappa shape index (κ3) is 0.987. The molecular weight excluding hydrogens is 175 g/mol. The van der Waals surface area contributed by atoms with Gasteiger partial charge in [0.1, 0.15) is 5.83 Å². The van der Waals surface area contributed by atoms with Gasteiger partial charge < -0.3 is 0 Å². The maximum absolute atomic E-state index is 13.2. The third-order valence-electron chi connectivity index (χ3n) is 2.48. The SMILES string of the molecule is FC1=Cc2[c]ccc3cccc(c23)[CH]1. The predicted molar refractivity (Wildman–Crippen MR) is 55.3 cm³/mol. The standard InChI is InChI=1S/C13H7F/c14-12-7-10-5-1-3-9-4-2-6-11(8-12)13(9)10/h1-5,7-8H. The van der Waals surface area contributed by atoms with Crippen LogP contribution in [0.1, 0.15) is 11.1 Å². The monoisotopic (exact) mass is 182 g/mol. The Balaban J connectivity index is 2.50. The van der Waals surface area contributed by atoms with Gasteiger partial charge in [0, 0.05) is 6.42 Å². The van der Waals surface area contributed by atoms with Crippen molar-refractivity contribution in [3.63, 3.8) is 0 Å². The van der Waals surface area contributed by atoms with E-state index in [0.29, 0.717) is 0 Å². The number of halogens is 1. The molecule has 2 aromatic carbocycles. The fourth-order valence-corrected chi connectivity index (χ4v) is 1.89. The molecule has 14 heavy (non-hydrogen) atoms. The van der Waals surface area contributed by atoms with Gasteiger partial charge in [-0.05, 0) is 34.0 Å². The molecule has 0 aromatic heterocycles. The summed E-state index contributed by atoms with van der Waals surface area (Å²) in [4.78, 5) is 0. The molecule has 66 valence electrons. The highest BCUT2D eigenvalue weighted by Gasteiger charge is 2.12. The zero-order valence-corrected chi connectivity index (χ0v) is 7.42. The van der Waals surface area contributed by atoms with Gasteiger partial charge in [0.15, 0.2) is 0 Å². The number of allylic oxidation sites excluding steroid dienone is 1. The lowest BCUT2D eigenvalue weighted by Gasteiger charge is -2.12. The number of benzene rings is 2. The van der Waals surface area contributed by atoms with Crippen molar-refractivity contribution < 1.29 is 4.39 Å². The van der Waals surface area contributed by atoms with Gasteiger partial charge in [-0.15, -0.1) is 0 Å². The molecule has 0 saturated carbocycles. The number of hydrogen-bond acceptors (Lipinski definition) is 0. The molecule has 2 aromatic rings. The maximum Gasteiger partial charge on any atom is 0.109 e. The van der Waals surface area contributed by atoms with Crippen molar-refractivity contribution in [2.45, 2.75) is 0 Å². The zero-order valence-electron chi connectivity index (χ0n) is 7.42. The van der Waals surface area contributed by atoms with Crippen LogP contribution in [0.5, 0.6) is 0 Å². The molecule has 0 bridgehead atoms. The van der Waals surface area contributed by atoms with E-state index in [4.69, 9.17) is 0 Å². The summed E-state index contributed by atoms with van der Waals surface area (Å²) in [5.74, 6) is -0.201. The number of hydrogen-bond donors (Lipinski definition) is 0. The minimum Gasteiger partial charge on any atom is -0.211 e. The smallest absolute Gasteiger partial charge is 0.109 e. The first-order valence-electron chi connectivity index (χ1n) is 4.50. The van der Waals surface area contributed by atoms with E-state index in [-0.39, 0.29) is 5.83 Å². The Bertz CT molecular complexity index is 533. The van der Waals surface area contributed by atoms with Crippen molar-refractivity contribution in [2.75, 3.05) is 0 Å². The van der Waals surface area contributed by atoms with Crippen LogP contribution in [0.2, 0.25) is 0 Å². The number of rotatable bonds is 0. The van der Waals surface area contributed by atoms with Gasteiger partial charge in [-0.25, -0.2) is 4.39 Å². The Kier molecular flexibility index (Phi) is 1.48. The molecule has 0 aliphatic heterocycles. The summed E-state index contributed by atoms with van der Waals surface area (Å²) >= 11 is 0. The van der Waals surface area contributed by atoms with E-state index in [1.807, 2.05) is 30.3 Å². The topological polar surface area (TPSA) is 0 Å². The molecule has 1 aliphatic rings. The van der Waals surface area contributed by atoms with Gasteiger partial charge >= 0.3 is 0 Å². The van der Waals surface area contributed by atoms with Crippen LogP contribution in [0.4, 0.5) is 4.39 Å². The maximum atomic E-state index is 13.2. The van der Waals surface area contributed by atoms with Crippen molar-refractivity contribution in [3.05, 3.63) is 59.8 Å². The second-order valence-electron chi connectivity index (χ2n) is 3.38. The van der Waals surface area contributed by atoms with Crippen LogP contribution in [-0.2, 0) is 0 Å². The summed E-state index contributed by atoms with van der Waals surface area (Å²) in [6.45, 7) is 0. The van der Waals surface area contributed by atoms with Crippen LogP contribution in [0.3, 0.4) is 0 Å². The van der Waals surface area contributed by atoms with E-state index in [2.05, 4.69) is 6.07 Å². The third-order valence-corrected chi connectivity index (χ3v) is 2.48. The van der Waals surface area contributed by atoms with Crippen molar-refractivity contribution in [2.24, 2.45) is 0 Å². The first kappa shape index (κ1) is 7.74. The normalized spacial score (nSPS) is 14.2. The van der Waals surface area contributed by atoms with Crippen LogP contribution >= 0.6 is 0 Å². The minimum absolute atomic E-state index is 0.201. The summed E-state index contributed by atoms with van der Waals surface area (Å²) < 4.78 is 13.2. The van der Waals surface area contributed by atoms with Crippen molar-refractivity contribution >= 4 is 16.8 Å². The van der Waals surface area contributed by atoms with Crippen LogP contribution in [0.25, 0.3) is 16.8 Å². The Morgan fingerprint density at radius 1 is 1.14 bits per heavy atom. The molecule has 1 aliphatic carbocycles. The molecule has 2 radical (unpaired) electrons. The average molecular weight is 182 g/mol. The van der Waals surface area contributed by atoms with Crippen molar-refractivity contribution in [1.82, 2.24) is 0 Å². The molecule has 0 amide bonds. The van der Waals surface area contributed by atoms with Gasteiger partial charge in [-0.2, -0.15) is 0 Å². The molecule has 0 fully saturated rings.